The molecule has 0 saturated heterocycles. The van der Waals surface area contributed by atoms with Crippen molar-refractivity contribution in [1.29, 1.82) is 0 Å². The van der Waals surface area contributed by atoms with Crippen LogP contribution in [0, 0.1) is 0 Å². The molecule has 0 atom stereocenters. The van der Waals surface area contributed by atoms with Crippen molar-refractivity contribution < 1.29 is 14.3 Å². The summed E-state index contributed by atoms with van der Waals surface area (Å²) in [6.07, 6.45) is 3.70. The van der Waals surface area contributed by atoms with Crippen molar-refractivity contribution in [1.82, 2.24) is 25.3 Å². The molecule has 9 nitrogen and oxygen atoms in total. The van der Waals surface area contributed by atoms with Crippen molar-refractivity contribution in [3.05, 3.63) is 36.2 Å². The summed E-state index contributed by atoms with van der Waals surface area (Å²) in [5.74, 6) is -0.0327. The lowest BCUT2D eigenvalue weighted by Crippen LogP contribution is -2.34. The van der Waals surface area contributed by atoms with E-state index >= 15 is 0 Å². The van der Waals surface area contributed by atoms with Crippen LogP contribution in [0.2, 0.25) is 0 Å². The molecule has 164 valence electrons. The first-order valence-corrected chi connectivity index (χ1v) is 10.1. The molecular formula is C22H28N6O3. The second-order valence-corrected chi connectivity index (χ2v) is 8.72. The highest BCUT2D eigenvalue weighted by molar-refractivity contribution is 5.94. The maximum absolute atomic E-state index is 12.5. The van der Waals surface area contributed by atoms with Gasteiger partial charge in [0.1, 0.15) is 5.60 Å². The molecule has 0 bridgehead atoms. The largest absolute Gasteiger partial charge is 0.460 e. The van der Waals surface area contributed by atoms with Crippen LogP contribution in [0.25, 0.3) is 22.0 Å². The second-order valence-electron chi connectivity index (χ2n) is 8.72. The van der Waals surface area contributed by atoms with Gasteiger partial charge in [-0.1, -0.05) is 0 Å². The van der Waals surface area contributed by atoms with Crippen LogP contribution in [-0.4, -0.2) is 43.6 Å². The Hall–Kier alpha value is -3.49. The van der Waals surface area contributed by atoms with E-state index in [1.807, 2.05) is 60.0 Å². The van der Waals surface area contributed by atoms with Crippen LogP contribution in [0.3, 0.4) is 0 Å². The van der Waals surface area contributed by atoms with E-state index in [0.29, 0.717) is 16.9 Å². The molecule has 31 heavy (non-hydrogen) atoms. The molecular weight excluding hydrogens is 396 g/mol. The lowest BCUT2D eigenvalue weighted by atomic mass is 10.00. The summed E-state index contributed by atoms with van der Waals surface area (Å²) in [5, 5.41) is 18.8. The van der Waals surface area contributed by atoms with E-state index in [9.17, 15) is 9.59 Å². The third-order valence-electron chi connectivity index (χ3n) is 4.22. The molecule has 3 aromatic rings. The molecule has 0 aliphatic carbocycles. The molecule has 2 heterocycles. The van der Waals surface area contributed by atoms with Gasteiger partial charge >= 0.3 is 12.0 Å². The minimum atomic E-state index is -0.583. The minimum absolute atomic E-state index is 0.00831. The van der Waals surface area contributed by atoms with Gasteiger partial charge in [-0.2, -0.15) is 5.10 Å². The number of hydrogen-bond donors (Lipinski definition) is 2. The first kappa shape index (κ1) is 22.2. The fourth-order valence-corrected chi connectivity index (χ4v) is 3.11. The average molecular weight is 425 g/mol. The highest BCUT2D eigenvalue weighted by Crippen LogP contribution is 2.28. The van der Waals surface area contributed by atoms with Crippen LogP contribution >= 0.6 is 0 Å². The topological polar surface area (TPSA) is 111 Å². The highest BCUT2D eigenvalue weighted by atomic mass is 16.6. The third-order valence-corrected chi connectivity index (χ3v) is 4.22. The molecule has 0 aliphatic heterocycles. The number of rotatable bonds is 5. The second kappa shape index (κ2) is 8.71. The number of carbonyl (C=O) groups excluding carboxylic acids is 2. The van der Waals surface area contributed by atoms with E-state index in [1.165, 1.54) is 0 Å². The summed E-state index contributed by atoms with van der Waals surface area (Å²) in [5.41, 5.74) is 2.47. The first-order chi connectivity index (χ1) is 14.5. The monoisotopic (exact) mass is 424 g/mol. The first-order valence-electron chi connectivity index (χ1n) is 10.1. The minimum Gasteiger partial charge on any atom is -0.460 e. The van der Waals surface area contributed by atoms with Gasteiger partial charge in [0.05, 0.1) is 18.1 Å². The number of ether oxygens (including phenoxy) is 1. The molecule has 2 amide bonds. The molecule has 3 rings (SSSR count). The van der Waals surface area contributed by atoms with Crippen molar-refractivity contribution in [3.63, 3.8) is 0 Å². The predicted octanol–water partition coefficient (Wildman–Crippen LogP) is 3.44. The molecule has 0 unspecified atom stereocenters. The molecule has 1 aromatic carbocycles. The number of aromatic nitrogens is 4. The summed E-state index contributed by atoms with van der Waals surface area (Å²) < 4.78 is 7.19. The Bertz CT molecular complexity index is 1110. The number of amides is 2. The van der Waals surface area contributed by atoms with Gasteiger partial charge in [-0.3, -0.25) is 14.8 Å². The fraction of sp³-hybridized carbons (Fsp3) is 0.409. The fourth-order valence-electron chi connectivity index (χ4n) is 3.11. The zero-order chi connectivity index (χ0) is 22.8. The predicted molar refractivity (Wildman–Crippen MR) is 119 cm³/mol. The van der Waals surface area contributed by atoms with Crippen LogP contribution in [0.15, 0.2) is 30.6 Å². The van der Waals surface area contributed by atoms with E-state index in [1.54, 1.807) is 16.9 Å². The van der Waals surface area contributed by atoms with Crippen molar-refractivity contribution in [2.75, 3.05) is 5.32 Å². The molecule has 2 aromatic heterocycles. The van der Waals surface area contributed by atoms with E-state index in [0.717, 1.165) is 16.5 Å². The summed E-state index contributed by atoms with van der Waals surface area (Å²) in [6, 6.07) is 5.20. The van der Waals surface area contributed by atoms with Crippen LogP contribution in [0.4, 0.5) is 10.6 Å². The molecule has 2 N–H and O–H groups in total. The number of fused-ring (bicyclic) bond motifs is 1. The standard InChI is InChI=1S/C22H28N6O3/c1-13(2)24-21(30)25-18-9-15-7-14(17-11-23-28(6)12-17)8-16(20(15)27-26-18)10-19(29)31-22(3,4)5/h7-9,11-13H,10H2,1-6H3,(H2,24,25,26,30). The Labute approximate surface area is 181 Å². The quantitative estimate of drug-likeness (QED) is 0.607. The van der Waals surface area contributed by atoms with E-state index < -0.39 is 5.60 Å². The van der Waals surface area contributed by atoms with Gasteiger partial charge in [0.15, 0.2) is 5.82 Å². The van der Waals surface area contributed by atoms with Gasteiger partial charge in [-0.25, -0.2) is 4.79 Å². The maximum Gasteiger partial charge on any atom is 0.320 e. The number of nitrogens with one attached hydrogen (secondary N) is 2. The van der Waals surface area contributed by atoms with Crippen molar-refractivity contribution in [2.45, 2.75) is 52.7 Å². The smallest absolute Gasteiger partial charge is 0.320 e. The number of benzene rings is 1. The van der Waals surface area contributed by atoms with E-state index in [2.05, 4.69) is 25.9 Å². The average Bonchev–Trinajstić information content (AvgIpc) is 3.05. The molecule has 0 radical (unpaired) electrons. The highest BCUT2D eigenvalue weighted by Gasteiger charge is 2.19. The Kier molecular flexibility index (Phi) is 6.24. The summed E-state index contributed by atoms with van der Waals surface area (Å²) >= 11 is 0. The lowest BCUT2D eigenvalue weighted by Gasteiger charge is -2.19. The van der Waals surface area contributed by atoms with E-state index in [-0.39, 0.29) is 24.5 Å². The number of nitrogens with zero attached hydrogens (tertiary/aromatic N) is 4. The Morgan fingerprint density at radius 2 is 1.87 bits per heavy atom. The number of carbonyl (C=O) groups is 2. The van der Waals surface area contributed by atoms with Crippen LogP contribution < -0.4 is 10.6 Å². The number of esters is 1. The van der Waals surface area contributed by atoms with Gasteiger partial charge < -0.3 is 10.1 Å². The molecule has 0 aliphatic rings. The van der Waals surface area contributed by atoms with Crippen molar-refractivity contribution in [2.24, 2.45) is 7.05 Å². The number of urea groups is 1. The Balaban J connectivity index is 2.01. The molecule has 0 fully saturated rings. The zero-order valence-electron chi connectivity index (χ0n) is 18.7. The Morgan fingerprint density at radius 3 is 2.48 bits per heavy atom. The lowest BCUT2D eigenvalue weighted by molar-refractivity contribution is -0.153. The van der Waals surface area contributed by atoms with Gasteiger partial charge in [0.2, 0.25) is 0 Å². The number of anilines is 1. The number of hydrogen-bond acceptors (Lipinski definition) is 6. The maximum atomic E-state index is 12.5. The number of aryl methyl sites for hydroxylation is 1. The molecule has 9 heteroatoms. The van der Waals surface area contributed by atoms with Crippen molar-refractivity contribution >= 4 is 28.7 Å². The van der Waals surface area contributed by atoms with E-state index in [4.69, 9.17) is 4.74 Å². The summed E-state index contributed by atoms with van der Waals surface area (Å²) in [7, 11) is 1.84. The zero-order valence-corrected chi connectivity index (χ0v) is 18.7. The molecule has 0 spiro atoms. The summed E-state index contributed by atoms with van der Waals surface area (Å²) in [4.78, 5) is 24.5. The van der Waals surface area contributed by atoms with Crippen LogP contribution in [-0.2, 0) is 23.0 Å². The summed E-state index contributed by atoms with van der Waals surface area (Å²) in [6.45, 7) is 9.22. The SMILES string of the molecule is CC(C)NC(=O)Nc1cc2cc(-c3cnn(C)c3)cc(CC(=O)OC(C)(C)C)c2nn1. The van der Waals surface area contributed by atoms with Gasteiger partial charge in [0.25, 0.3) is 0 Å². The third kappa shape index (κ3) is 6.00. The van der Waals surface area contributed by atoms with Gasteiger partial charge in [-0.05, 0) is 63.9 Å². The normalized spacial score (nSPS) is 11.6. The van der Waals surface area contributed by atoms with Crippen molar-refractivity contribution in [3.8, 4) is 11.1 Å². The van der Waals surface area contributed by atoms with Gasteiger partial charge in [-0.15, -0.1) is 10.2 Å². The van der Waals surface area contributed by atoms with Gasteiger partial charge in [0, 0.05) is 30.2 Å². The molecule has 0 saturated carbocycles. The Morgan fingerprint density at radius 1 is 1.13 bits per heavy atom. The van der Waals surface area contributed by atoms with Crippen LogP contribution in [0.1, 0.15) is 40.2 Å². The van der Waals surface area contributed by atoms with Crippen LogP contribution in [0.5, 0.6) is 0 Å².